The average Bonchev–Trinajstić information content (AvgIpc) is 2.72. The van der Waals surface area contributed by atoms with Crippen LogP contribution in [0, 0.1) is 17.8 Å². The molecule has 2 aliphatic rings. The van der Waals surface area contributed by atoms with Crippen LogP contribution in [0.1, 0.15) is 83.1 Å². The van der Waals surface area contributed by atoms with Crippen LogP contribution in [-0.2, 0) is 6.42 Å². The Bertz CT molecular complexity index is 548. The highest BCUT2D eigenvalue weighted by Gasteiger charge is 2.28. The van der Waals surface area contributed by atoms with Crippen LogP contribution in [0.5, 0.6) is 5.75 Å². The van der Waals surface area contributed by atoms with Crippen molar-refractivity contribution >= 4 is 0 Å². The van der Waals surface area contributed by atoms with Gasteiger partial charge in [-0.1, -0.05) is 62.8 Å². The highest BCUT2D eigenvalue weighted by Crippen LogP contribution is 2.41. The summed E-state index contributed by atoms with van der Waals surface area (Å²) in [5, 5.41) is 0. The van der Waals surface area contributed by atoms with Crippen LogP contribution in [0.25, 0.3) is 0 Å². The second-order valence-corrected chi connectivity index (χ2v) is 8.67. The number of unbranched alkanes of at least 4 members (excludes halogenated alkanes) is 1. The third-order valence-corrected chi connectivity index (χ3v) is 6.96. The van der Waals surface area contributed by atoms with Crippen LogP contribution in [0.3, 0.4) is 0 Å². The Balaban J connectivity index is 1.39. The minimum Gasteiger partial charge on any atom is -0.497 e. The molecule has 3 rings (SSSR count). The summed E-state index contributed by atoms with van der Waals surface area (Å²) < 4.78 is 5.25. The Morgan fingerprint density at radius 2 is 1.69 bits per heavy atom. The van der Waals surface area contributed by atoms with Crippen LogP contribution >= 0.6 is 0 Å². The van der Waals surface area contributed by atoms with Crippen LogP contribution in [0.15, 0.2) is 35.9 Å². The van der Waals surface area contributed by atoms with Gasteiger partial charge in [0, 0.05) is 0 Å². The molecule has 2 aliphatic carbocycles. The smallest absolute Gasteiger partial charge is 0.118 e. The second-order valence-electron chi connectivity index (χ2n) is 8.67. The largest absolute Gasteiger partial charge is 0.497 e. The molecule has 0 heterocycles. The summed E-state index contributed by atoms with van der Waals surface area (Å²) in [6.45, 7) is 2.33. The van der Waals surface area contributed by atoms with Crippen LogP contribution in [0.2, 0.25) is 0 Å². The minimum atomic E-state index is 0.956. The van der Waals surface area contributed by atoms with Gasteiger partial charge >= 0.3 is 0 Å². The molecular formula is C25H38O. The summed E-state index contributed by atoms with van der Waals surface area (Å²) in [7, 11) is 1.73. The van der Waals surface area contributed by atoms with Gasteiger partial charge in [0.25, 0.3) is 0 Å². The first-order valence-corrected chi connectivity index (χ1v) is 11.1. The maximum atomic E-state index is 5.25. The van der Waals surface area contributed by atoms with Crippen molar-refractivity contribution in [2.45, 2.75) is 84.0 Å². The van der Waals surface area contributed by atoms with E-state index in [1.807, 2.05) is 0 Å². The lowest BCUT2D eigenvalue weighted by Gasteiger charge is -2.35. The average molecular weight is 355 g/mol. The molecule has 1 atom stereocenters. The third-order valence-electron chi connectivity index (χ3n) is 6.96. The number of ether oxygens (including phenoxy) is 1. The Labute approximate surface area is 161 Å². The lowest BCUT2D eigenvalue weighted by molar-refractivity contribution is 0.185. The molecule has 1 unspecified atom stereocenters. The predicted octanol–water partition coefficient (Wildman–Crippen LogP) is 7.35. The lowest BCUT2D eigenvalue weighted by atomic mass is 9.70. The SMILES string of the molecule is CCCCC1CCC(C2CC=C(CCc3ccc(OC)cc3)CC2)CC1. The number of benzene rings is 1. The van der Waals surface area contributed by atoms with E-state index in [-0.39, 0.29) is 0 Å². The molecule has 1 fully saturated rings. The van der Waals surface area contributed by atoms with Crippen LogP contribution in [0.4, 0.5) is 0 Å². The Kier molecular flexibility index (Phi) is 7.65. The normalized spacial score (nSPS) is 26.4. The summed E-state index contributed by atoms with van der Waals surface area (Å²) in [5.74, 6) is 4.00. The molecule has 0 amide bonds. The predicted molar refractivity (Wildman–Crippen MR) is 112 cm³/mol. The quantitative estimate of drug-likeness (QED) is 0.443. The third kappa shape index (κ3) is 5.63. The van der Waals surface area contributed by atoms with E-state index in [0.717, 1.165) is 23.5 Å². The fourth-order valence-electron chi connectivity index (χ4n) is 5.10. The van der Waals surface area contributed by atoms with E-state index in [1.165, 1.54) is 82.6 Å². The summed E-state index contributed by atoms with van der Waals surface area (Å²) >= 11 is 0. The number of hydrogen-bond acceptors (Lipinski definition) is 1. The topological polar surface area (TPSA) is 9.23 Å². The fourth-order valence-corrected chi connectivity index (χ4v) is 5.10. The van der Waals surface area contributed by atoms with Gasteiger partial charge in [0.2, 0.25) is 0 Å². The van der Waals surface area contributed by atoms with Gasteiger partial charge in [0.05, 0.1) is 7.11 Å². The molecule has 0 radical (unpaired) electrons. The first-order chi connectivity index (χ1) is 12.8. The van der Waals surface area contributed by atoms with Crippen LogP contribution in [-0.4, -0.2) is 7.11 Å². The van der Waals surface area contributed by atoms with E-state index < -0.39 is 0 Å². The zero-order valence-corrected chi connectivity index (χ0v) is 17.0. The van der Waals surface area contributed by atoms with Crippen molar-refractivity contribution in [2.24, 2.45) is 17.8 Å². The van der Waals surface area contributed by atoms with Crippen molar-refractivity contribution < 1.29 is 4.74 Å². The lowest BCUT2D eigenvalue weighted by Crippen LogP contribution is -2.23. The standard InChI is InChI=1S/C25H38O/c1-3-4-5-20-8-14-23(15-9-20)24-16-10-21(11-17-24)6-7-22-12-18-25(26-2)19-13-22/h10,12-13,18-20,23-24H,3-9,11,14-17H2,1-2H3. The van der Waals surface area contributed by atoms with Crippen molar-refractivity contribution in [1.29, 1.82) is 0 Å². The molecule has 1 heteroatoms. The molecule has 144 valence electrons. The summed E-state index contributed by atoms with van der Waals surface area (Å²) in [5.41, 5.74) is 3.13. The first kappa shape index (κ1) is 19.5. The van der Waals surface area contributed by atoms with Crippen molar-refractivity contribution in [3.8, 4) is 5.75 Å². The van der Waals surface area contributed by atoms with E-state index >= 15 is 0 Å². The Morgan fingerprint density at radius 1 is 0.923 bits per heavy atom. The van der Waals surface area contributed by atoms with Gasteiger partial charge in [-0.2, -0.15) is 0 Å². The van der Waals surface area contributed by atoms with E-state index in [0.29, 0.717) is 0 Å². The number of allylic oxidation sites excluding steroid dienone is 2. The van der Waals surface area contributed by atoms with Gasteiger partial charge in [-0.05, 0) is 80.4 Å². The molecule has 0 N–H and O–H groups in total. The number of hydrogen-bond donors (Lipinski definition) is 0. The molecule has 26 heavy (non-hydrogen) atoms. The summed E-state index contributed by atoms with van der Waals surface area (Å²) in [6.07, 6.45) is 19.5. The second kappa shape index (κ2) is 10.2. The van der Waals surface area contributed by atoms with Gasteiger partial charge in [-0.15, -0.1) is 0 Å². The first-order valence-electron chi connectivity index (χ1n) is 11.1. The van der Waals surface area contributed by atoms with Gasteiger partial charge < -0.3 is 4.74 Å². The Hall–Kier alpha value is -1.24. The maximum absolute atomic E-state index is 5.25. The number of aryl methyl sites for hydroxylation is 1. The zero-order valence-electron chi connectivity index (χ0n) is 17.0. The summed E-state index contributed by atoms with van der Waals surface area (Å²) in [6, 6.07) is 8.58. The fraction of sp³-hybridized carbons (Fsp3) is 0.680. The molecule has 0 spiro atoms. The molecular weight excluding hydrogens is 316 g/mol. The van der Waals surface area contributed by atoms with Gasteiger partial charge in [0.15, 0.2) is 0 Å². The van der Waals surface area contributed by atoms with Crippen molar-refractivity contribution in [3.63, 3.8) is 0 Å². The molecule has 1 aromatic rings. The molecule has 0 aliphatic heterocycles. The number of methoxy groups -OCH3 is 1. The molecule has 0 bridgehead atoms. The van der Waals surface area contributed by atoms with E-state index in [9.17, 15) is 0 Å². The summed E-state index contributed by atoms with van der Waals surface area (Å²) in [4.78, 5) is 0. The zero-order chi connectivity index (χ0) is 18.2. The van der Waals surface area contributed by atoms with E-state index in [4.69, 9.17) is 4.74 Å². The molecule has 0 aromatic heterocycles. The molecule has 1 aromatic carbocycles. The molecule has 1 nitrogen and oxygen atoms in total. The van der Waals surface area contributed by atoms with E-state index in [1.54, 1.807) is 12.7 Å². The van der Waals surface area contributed by atoms with Crippen molar-refractivity contribution in [2.75, 3.05) is 7.11 Å². The van der Waals surface area contributed by atoms with Crippen LogP contribution < -0.4 is 4.74 Å². The van der Waals surface area contributed by atoms with E-state index in [2.05, 4.69) is 37.3 Å². The highest BCUT2D eigenvalue weighted by molar-refractivity contribution is 5.27. The van der Waals surface area contributed by atoms with Gasteiger partial charge in [-0.3, -0.25) is 0 Å². The monoisotopic (exact) mass is 354 g/mol. The maximum Gasteiger partial charge on any atom is 0.118 e. The number of rotatable bonds is 8. The highest BCUT2D eigenvalue weighted by atomic mass is 16.5. The minimum absolute atomic E-state index is 0.956. The van der Waals surface area contributed by atoms with Crippen molar-refractivity contribution in [1.82, 2.24) is 0 Å². The molecule has 0 saturated heterocycles. The van der Waals surface area contributed by atoms with Crippen molar-refractivity contribution in [3.05, 3.63) is 41.5 Å². The molecule has 1 saturated carbocycles. The van der Waals surface area contributed by atoms with Gasteiger partial charge in [0.1, 0.15) is 5.75 Å². The van der Waals surface area contributed by atoms with Gasteiger partial charge in [-0.25, -0.2) is 0 Å². The Morgan fingerprint density at radius 3 is 2.31 bits per heavy atom.